The molecule has 1 fully saturated rings. The second kappa shape index (κ2) is 11.4. The number of carboxylic acids is 1. The summed E-state index contributed by atoms with van der Waals surface area (Å²) in [5.74, 6) is 6.53. The zero-order chi connectivity index (χ0) is 22.9. The van der Waals surface area contributed by atoms with E-state index in [0.29, 0.717) is 36.9 Å². The number of aromatic amines is 1. The number of rotatable bonds is 11. The summed E-state index contributed by atoms with van der Waals surface area (Å²) in [6.45, 7) is 4.87. The average molecular weight is 438 g/mol. The highest BCUT2D eigenvalue weighted by molar-refractivity contribution is 5.92. The van der Waals surface area contributed by atoms with Gasteiger partial charge in [-0.3, -0.25) is 14.7 Å². The van der Waals surface area contributed by atoms with Gasteiger partial charge in [-0.25, -0.2) is 0 Å². The monoisotopic (exact) mass is 437 g/mol. The molecule has 2 aromatic rings. The number of H-pyrrole nitrogens is 1. The molecule has 1 saturated carbocycles. The van der Waals surface area contributed by atoms with Crippen molar-refractivity contribution in [3.05, 3.63) is 47.3 Å². The predicted molar refractivity (Wildman–Crippen MR) is 121 cm³/mol. The van der Waals surface area contributed by atoms with Gasteiger partial charge in [-0.05, 0) is 57.9 Å². The third kappa shape index (κ3) is 7.16. The maximum Gasteiger partial charge on any atom is 0.303 e. The molecule has 1 aromatic heterocycles. The van der Waals surface area contributed by atoms with Crippen molar-refractivity contribution in [1.29, 1.82) is 0 Å². The van der Waals surface area contributed by atoms with Crippen LogP contribution in [0.3, 0.4) is 0 Å². The highest BCUT2D eigenvalue weighted by atomic mass is 16.5. The van der Waals surface area contributed by atoms with Crippen LogP contribution >= 0.6 is 0 Å². The first-order chi connectivity index (χ1) is 15.4. The van der Waals surface area contributed by atoms with E-state index in [0.717, 1.165) is 37.0 Å². The largest absolute Gasteiger partial charge is 0.493 e. The summed E-state index contributed by atoms with van der Waals surface area (Å²) in [6.07, 6.45) is 4.72. The molecule has 0 bridgehead atoms. The minimum atomic E-state index is -0.770. The topological polar surface area (TPSA) is 95.5 Å². The number of carboxylic acid groups (broad SMARTS) is 1. The number of para-hydroxylation sites is 1. The molecule has 1 aliphatic carbocycles. The molecule has 7 heteroatoms. The van der Waals surface area contributed by atoms with Gasteiger partial charge < -0.3 is 14.7 Å². The third-order valence-electron chi connectivity index (χ3n) is 5.28. The van der Waals surface area contributed by atoms with E-state index in [1.807, 2.05) is 38.1 Å². The Bertz CT molecular complexity index is 982. The van der Waals surface area contributed by atoms with Crippen LogP contribution < -0.4 is 4.74 Å². The quantitative estimate of drug-likeness (QED) is 0.405. The Morgan fingerprint density at radius 1 is 1.25 bits per heavy atom. The van der Waals surface area contributed by atoms with Crippen LogP contribution in [0.15, 0.2) is 30.3 Å². The van der Waals surface area contributed by atoms with Gasteiger partial charge in [0.25, 0.3) is 5.91 Å². The number of nitrogens with zero attached hydrogens (tertiary/aromatic N) is 2. The van der Waals surface area contributed by atoms with Crippen LogP contribution in [0, 0.1) is 17.8 Å². The minimum absolute atomic E-state index is 0.0238. The molecule has 0 unspecified atom stereocenters. The molecule has 170 valence electrons. The molecule has 1 aliphatic rings. The fourth-order valence-corrected chi connectivity index (χ4v) is 3.23. The van der Waals surface area contributed by atoms with Crippen molar-refractivity contribution in [1.82, 2.24) is 15.1 Å². The summed E-state index contributed by atoms with van der Waals surface area (Å²) < 4.78 is 5.95. The lowest BCUT2D eigenvalue weighted by Crippen LogP contribution is -2.36. The molecule has 1 aromatic carbocycles. The predicted octanol–water partition coefficient (Wildman–Crippen LogP) is 4.25. The molecule has 0 atom stereocenters. The second-order valence-corrected chi connectivity index (χ2v) is 8.40. The summed E-state index contributed by atoms with van der Waals surface area (Å²) in [7, 11) is 0. The van der Waals surface area contributed by atoms with Gasteiger partial charge in [0.2, 0.25) is 0 Å². The van der Waals surface area contributed by atoms with Crippen molar-refractivity contribution in [2.75, 3.05) is 6.61 Å². The fraction of sp³-hybridized carbons (Fsp3) is 0.480. The maximum absolute atomic E-state index is 13.2. The van der Waals surface area contributed by atoms with Crippen LogP contribution in [0.5, 0.6) is 5.75 Å². The molecular formula is C25H31N3O4. The van der Waals surface area contributed by atoms with Gasteiger partial charge in [0.15, 0.2) is 5.69 Å². The van der Waals surface area contributed by atoms with Crippen LogP contribution in [0.25, 0.3) is 0 Å². The van der Waals surface area contributed by atoms with Crippen LogP contribution in [0.2, 0.25) is 0 Å². The number of unbranched alkanes of at least 4 members (excludes halogenated alkanes) is 2. The number of nitrogens with one attached hydrogen (secondary N) is 1. The number of hydrogen-bond acceptors (Lipinski definition) is 4. The smallest absolute Gasteiger partial charge is 0.303 e. The Morgan fingerprint density at radius 3 is 2.75 bits per heavy atom. The Labute approximate surface area is 189 Å². The van der Waals surface area contributed by atoms with Crippen molar-refractivity contribution in [3.8, 4) is 17.6 Å². The van der Waals surface area contributed by atoms with E-state index in [4.69, 9.17) is 9.84 Å². The van der Waals surface area contributed by atoms with E-state index >= 15 is 0 Å². The molecular weight excluding hydrogens is 406 g/mol. The number of hydrogen-bond donors (Lipinski definition) is 2. The summed E-state index contributed by atoms with van der Waals surface area (Å²) in [6, 6.07) is 9.38. The fourth-order valence-electron chi connectivity index (χ4n) is 3.23. The van der Waals surface area contributed by atoms with E-state index in [-0.39, 0.29) is 18.4 Å². The van der Waals surface area contributed by atoms with Gasteiger partial charge in [-0.15, -0.1) is 0 Å². The first-order valence-corrected chi connectivity index (χ1v) is 11.2. The standard InChI is InChI=1S/C25H31N3O4/c1-18(2)28(25(31)22-16-21(26-27-22)14-13-19-11-12-19)17-20-8-5-6-9-23(20)32-15-7-3-4-10-24(29)30/h5-6,8-9,16,18-19H,3-4,7,10-12,15,17H2,1-2H3,(H,26,27)(H,29,30). The van der Waals surface area contributed by atoms with E-state index in [1.165, 1.54) is 0 Å². The number of aromatic nitrogens is 2. The molecule has 3 rings (SSSR count). The highest BCUT2D eigenvalue weighted by Gasteiger charge is 2.23. The molecule has 2 N–H and O–H groups in total. The Kier molecular flexibility index (Phi) is 8.32. The van der Waals surface area contributed by atoms with Crippen molar-refractivity contribution in [2.24, 2.45) is 5.92 Å². The molecule has 1 heterocycles. The number of amides is 1. The van der Waals surface area contributed by atoms with E-state index in [9.17, 15) is 9.59 Å². The minimum Gasteiger partial charge on any atom is -0.493 e. The zero-order valence-corrected chi connectivity index (χ0v) is 18.8. The first kappa shape index (κ1) is 23.4. The normalized spacial score (nSPS) is 12.8. The van der Waals surface area contributed by atoms with E-state index in [2.05, 4.69) is 22.0 Å². The molecule has 0 spiro atoms. The lowest BCUT2D eigenvalue weighted by atomic mass is 10.1. The molecule has 32 heavy (non-hydrogen) atoms. The van der Waals surface area contributed by atoms with Crippen LogP contribution in [-0.2, 0) is 11.3 Å². The number of carbonyl (C=O) groups excluding carboxylic acids is 1. The van der Waals surface area contributed by atoms with Crippen molar-refractivity contribution < 1.29 is 19.4 Å². The molecule has 7 nitrogen and oxygen atoms in total. The summed E-state index contributed by atoms with van der Waals surface area (Å²) in [4.78, 5) is 25.5. The van der Waals surface area contributed by atoms with Gasteiger partial charge in [-0.1, -0.05) is 24.1 Å². The maximum atomic E-state index is 13.2. The summed E-state index contributed by atoms with van der Waals surface area (Å²) in [5, 5.41) is 15.8. The van der Waals surface area contributed by atoms with E-state index in [1.54, 1.807) is 11.0 Å². The summed E-state index contributed by atoms with van der Waals surface area (Å²) >= 11 is 0. The zero-order valence-electron chi connectivity index (χ0n) is 18.8. The van der Waals surface area contributed by atoms with Gasteiger partial charge in [0.05, 0.1) is 6.61 Å². The summed E-state index contributed by atoms with van der Waals surface area (Å²) in [5.41, 5.74) is 1.94. The number of aliphatic carboxylic acids is 1. The molecule has 0 aliphatic heterocycles. The lowest BCUT2D eigenvalue weighted by Gasteiger charge is -2.27. The van der Waals surface area contributed by atoms with Crippen molar-refractivity contribution in [3.63, 3.8) is 0 Å². The lowest BCUT2D eigenvalue weighted by molar-refractivity contribution is -0.137. The number of carbonyl (C=O) groups is 2. The Morgan fingerprint density at radius 2 is 2.03 bits per heavy atom. The molecule has 0 saturated heterocycles. The number of benzene rings is 1. The van der Waals surface area contributed by atoms with E-state index < -0.39 is 5.97 Å². The van der Waals surface area contributed by atoms with Gasteiger partial charge >= 0.3 is 5.97 Å². The SMILES string of the molecule is CC(C)N(Cc1ccccc1OCCCCCC(=O)O)C(=O)c1cc(C#CC2CC2)[nH]n1. The van der Waals surface area contributed by atoms with Gasteiger partial charge in [0, 0.05) is 36.6 Å². The van der Waals surface area contributed by atoms with Crippen LogP contribution in [0.1, 0.15) is 74.1 Å². The van der Waals surface area contributed by atoms with Crippen molar-refractivity contribution >= 4 is 11.9 Å². The van der Waals surface area contributed by atoms with Crippen LogP contribution in [-0.4, -0.2) is 44.7 Å². The number of ether oxygens (including phenoxy) is 1. The molecule has 0 radical (unpaired) electrons. The van der Waals surface area contributed by atoms with Gasteiger partial charge in [-0.2, -0.15) is 5.10 Å². The average Bonchev–Trinajstić information content (AvgIpc) is 3.48. The van der Waals surface area contributed by atoms with Crippen LogP contribution in [0.4, 0.5) is 0 Å². The third-order valence-corrected chi connectivity index (χ3v) is 5.28. The van der Waals surface area contributed by atoms with Gasteiger partial charge in [0.1, 0.15) is 11.4 Å². The second-order valence-electron chi connectivity index (χ2n) is 8.40. The first-order valence-electron chi connectivity index (χ1n) is 11.2. The van der Waals surface area contributed by atoms with Crippen molar-refractivity contribution in [2.45, 2.75) is 65.0 Å². The Hall–Kier alpha value is -3.27. The molecule has 1 amide bonds. The Balaban J connectivity index is 1.61. The highest BCUT2D eigenvalue weighted by Crippen LogP contribution is 2.27.